The second-order valence-electron chi connectivity index (χ2n) is 5.78. The Hall–Kier alpha value is -2.78. The van der Waals surface area contributed by atoms with E-state index in [4.69, 9.17) is 17.3 Å². The van der Waals surface area contributed by atoms with Crippen molar-refractivity contribution in [1.82, 2.24) is 9.80 Å². The molecule has 2 aliphatic heterocycles. The van der Waals surface area contributed by atoms with Crippen LogP contribution in [0.3, 0.4) is 0 Å². The largest absolute Gasteiger partial charge is 0.480 e. The Bertz CT molecular complexity index is 894. The Morgan fingerprint density at radius 2 is 1.96 bits per heavy atom. The van der Waals surface area contributed by atoms with E-state index >= 15 is 0 Å². The first-order valence-electron chi connectivity index (χ1n) is 7.93. The number of carbonyl (C=O) groups is 4. The number of benzene rings is 1. The first-order chi connectivity index (χ1) is 12.9. The summed E-state index contributed by atoms with van der Waals surface area (Å²) in [7, 11) is 0. The van der Waals surface area contributed by atoms with E-state index in [-0.39, 0.29) is 10.7 Å². The van der Waals surface area contributed by atoms with Crippen molar-refractivity contribution >= 4 is 58.1 Å². The van der Waals surface area contributed by atoms with Crippen molar-refractivity contribution in [3.8, 4) is 0 Å². The molecule has 0 aromatic heterocycles. The van der Waals surface area contributed by atoms with Gasteiger partial charge < -0.3 is 5.11 Å². The van der Waals surface area contributed by atoms with Crippen LogP contribution in [0.15, 0.2) is 47.4 Å². The molecule has 7 nitrogen and oxygen atoms in total. The van der Waals surface area contributed by atoms with Crippen LogP contribution in [0.4, 0.5) is 0 Å². The summed E-state index contributed by atoms with van der Waals surface area (Å²) in [6.45, 7) is -0.724. The third-order valence-corrected chi connectivity index (χ3v) is 5.33. The Morgan fingerprint density at radius 3 is 2.63 bits per heavy atom. The minimum absolute atomic E-state index is 0.169. The summed E-state index contributed by atoms with van der Waals surface area (Å²) in [6.07, 6.45) is 4.86. The van der Waals surface area contributed by atoms with Gasteiger partial charge in [0.15, 0.2) is 0 Å². The van der Waals surface area contributed by atoms with Crippen LogP contribution in [-0.4, -0.2) is 55.5 Å². The van der Waals surface area contributed by atoms with Crippen LogP contribution in [0.5, 0.6) is 0 Å². The number of hydrogen-bond donors (Lipinski definition) is 1. The lowest BCUT2D eigenvalue weighted by molar-refractivity contribution is -0.149. The molecule has 3 rings (SSSR count). The minimum atomic E-state index is -1.30. The summed E-state index contributed by atoms with van der Waals surface area (Å²) in [5.74, 6) is -3.12. The van der Waals surface area contributed by atoms with Crippen molar-refractivity contribution in [3.05, 3.63) is 53.0 Å². The van der Waals surface area contributed by atoms with Crippen molar-refractivity contribution in [2.75, 3.05) is 6.54 Å². The highest BCUT2D eigenvalue weighted by Crippen LogP contribution is 2.35. The Kier molecular flexibility index (Phi) is 5.52. The Morgan fingerprint density at radius 1 is 1.26 bits per heavy atom. The number of thiocarbonyl (C=S) groups is 1. The van der Waals surface area contributed by atoms with Crippen LogP contribution < -0.4 is 0 Å². The first kappa shape index (κ1) is 19.0. The third kappa shape index (κ3) is 3.99. The van der Waals surface area contributed by atoms with Gasteiger partial charge in [0.05, 0.1) is 11.3 Å². The Labute approximate surface area is 164 Å². The molecule has 138 valence electrons. The number of aliphatic carboxylic acids is 1. The molecule has 2 heterocycles. The van der Waals surface area contributed by atoms with Crippen molar-refractivity contribution in [3.63, 3.8) is 0 Å². The fourth-order valence-corrected chi connectivity index (χ4v) is 4.05. The van der Waals surface area contributed by atoms with E-state index in [1.807, 2.05) is 36.4 Å². The number of carbonyl (C=O) groups excluding carboxylic acids is 3. The number of imide groups is 1. The second-order valence-corrected chi connectivity index (χ2v) is 7.45. The smallest absolute Gasteiger partial charge is 0.323 e. The van der Waals surface area contributed by atoms with Crippen LogP contribution in [0.1, 0.15) is 12.0 Å². The molecular weight excluding hydrogens is 388 g/mol. The molecule has 9 heteroatoms. The molecule has 0 bridgehead atoms. The van der Waals surface area contributed by atoms with Gasteiger partial charge >= 0.3 is 5.97 Å². The number of amides is 3. The number of allylic oxidation sites excluding steroid dienone is 2. The molecule has 0 saturated carbocycles. The molecule has 1 N–H and O–H groups in total. The molecule has 1 atom stereocenters. The zero-order chi connectivity index (χ0) is 19.6. The minimum Gasteiger partial charge on any atom is -0.480 e. The van der Waals surface area contributed by atoms with Gasteiger partial charge in [-0.2, -0.15) is 0 Å². The normalized spacial score (nSPS) is 21.9. The summed E-state index contributed by atoms with van der Waals surface area (Å²) in [4.78, 5) is 49.9. The van der Waals surface area contributed by atoms with Crippen molar-refractivity contribution in [1.29, 1.82) is 0 Å². The van der Waals surface area contributed by atoms with Gasteiger partial charge in [-0.3, -0.25) is 29.0 Å². The molecule has 1 aromatic rings. The van der Waals surface area contributed by atoms with E-state index in [0.717, 1.165) is 22.2 Å². The summed E-state index contributed by atoms with van der Waals surface area (Å²) in [5, 5.41) is 8.82. The summed E-state index contributed by atoms with van der Waals surface area (Å²) in [5.41, 5.74) is 0.963. The lowest BCUT2D eigenvalue weighted by atomic mass is 10.2. The molecule has 0 spiro atoms. The molecule has 3 amide bonds. The number of carboxylic acids is 1. The molecule has 2 aliphatic rings. The van der Waals surface area contributed by atoms with Gasteiger partial charge in [-0.15, -0.1) is 0 Å². The van der Waals surface area contributed by atoms with E-state index in [2.05, 4.69) is 0 Å². The van der Waals surface area contributed by atoms with Crippen molar-refractivity contribution in [2.24, 2.45) is 0 Å². The maximum absolute atomic E-state index is 12.6. The molecule has 2 fully saturated rings. The SMILES string of the molecule is O=C(O)CN1C(=O)CC(N2C(=O)/C(=C/C=C/c3ccccc3)SC2=S)C1=O. The first-order valence-corrected chi connectivity index (χ1v) is 9.15. The highest BCUT2D eigenvalue weighted by Gasteiger charge is 2.48. The van der Waals surface area contributed by atoms with Crippen molar-refractivity contribution in [2.45, 2.75) is 12.5 Å². The highest BCUT2D eigenvalue weighted by atomic mass is 32.2. The van der Waals surface area contributed by atoms with Crippen LogP contribution >= 0.6 is 24.0 Å². The van der Waals surface area contributed by atoms with Crippen LogP contribution in [-0.2, 0) is 19.2 Å². The predicted octanol–water partition coefficient (Wildman–Crippen LogP) is 1.66. The number of hydrogen-bond acceptors (Lipinski definition) is 6. The van der Waals surface area contributed by atoms with Gasteiger partial charge in [0.1, 0.15) is 16.9 Å². The third-order valence-electron chi connectivity index (χ3n) is 3.98. The fourth-order valence-electron chi connectivity index (χ4n) is 2.74. The summed E-state index contributed by atoms with van der Waals surface area (Å²) in [6, 6.07) is 8.42. The van der Waals surface area contributed by atoms with E-state index in [0.29, 0.717) is 9.81 Å². The van der Waals surface area contributed by atoms with Gasteiger partial charge in [0.2, 0.25) is 5.91 Å². The summed E-state index contributed by atoms with van der Waals surface area (Å²) < 4.78 is 0.169. The Balaban J connectivity index is 1.76. The van der Waals surface area contributed by atoms with E-state index in [1.165, 1.54) is 0 Å². The molecule has 0 radical (unpaired) electrons. The lowest BCUT2D eigenvalue weighted by Gasteiger charge is -2.20. The van der Waals surface area contributed by atoms with Gasteiger partial charge in [-0.1, -0.05) is 66.5 Å². The fraction of sp³-hybridized carbons (Fsp3) is 0.167. The standard InChI is InChI=1S/C18H14N2O5S2/c21-14-9-12(16(24)19(14)10-15(22)23)20-17(25)13(27-18(20)26)8-4-7-11-5-2-1-3-6-11/h1-8,12H,9-10H2,(H,22,23)/b7-4+,13-8-. The van der Waals surface area contributed by atoms with E-state index in [1.54, 1.807) is 12.2 Å². The zero-order valence-corrected chi connectivity index (χ0v) is 15.5. The molecule has 2 saturated heterocycles. The number of thioether (sulfide) groups is 1. The monoisotopic (exact) mass is 402 g/mol. The highest BCUT2D eigenvalue weighted by molar-refractivity contribution is 8.26. The predicted molar refractivity (Wildman–Crippen MR) is 103 cm³/mol. The van der Waals surface area contributed by atoms with Crippen LogP contribution in [0.25, 0.3) is 6.08 Å². The molecule has 1 aromatic carbocycles. The topological polar surface area (TPSA) is 95.0 Å². The van der Waals surface area contributed by atoms with Gasteiger partial charge in [0.25, 0.3) is 11.8 Å². The van der Waals surface area contributed by atoms with Crippen LogP contribution in [0, 0.1) is 0 Å². The van der Waals surface area contributed by atoms with E-state index < -0.39 is 36.3 Å². The van der Waals surface area contributed by atoms with Gasteiger partial charge in [-0.05, 0) is 11.6 Å². The average Bonchev–Trinajstić information content (AvgIpc) is 3.05. The number of carboxylic acid groups (broad SMARTS) is 1. The maximum atomic E-state index is 12.6. The van der Waals surface area contributed by atoms with Crippen molar-refractivity contribution < 1.29 is 24.3 Å². The number of likely N-dealkylation sites (tertiary alicyclic amines) is 1. The van der Waals surface area contributed by atoms with Crippen LogP contribution in [0.2, 0.25) is 0 Å². The molecule has 1 unspecified atom stereocenters. The molecular formula is C18H14N2O5S2. The molecule has 0 aliphatic carbocycles. The quantitative estimate of drug-likeness (QED) is 0.455. The number of rotatable bonds is 5. The maximum Gasteiger partial charge on any atom is 0.323 e. The van der Waals surface area contributed by atoms with Gasteiger partial charge in [0, 0.05) is 0 Å². The second kappa shape index (κ2) is 7.85. The average molecular weight is 402 g/mol. The zero-order valence-electron chi connectivity index (χ0n) is 13.9. The van der Waals surface area contributed by atoms with E-state index in [9.17, 15) is 19.2 Å². The van der Waals surface area contributed by atoms with Gasteiger partial charge in [-0.25, -0.2) is 0 Å². The lowest BCUT2D eigenvalue weighted by Crippen LogP contribution is -2.45. The molecule has 27 heavy (non-hydrogen) atoms. The summed E-state index contributed by atoms with van der Waals surface area (Å²) >= 11 is 6.24. The number of nitrogens with zero attached hydrogens (tertiary/aromatic N) is 2.